The van der Waals surface area contributed by atoms with E-state index in [1.54, 1.807) is 7.11 Å². The van der Waals surface area contributed by atoms with Crippen molar-refractivity contribution in [2.45, 2.75) is 18.6 Å². The van der Waals surface area contributed by atoms with Gasteiger partial charge in [-0.2, -0.15) is 0 Å². The third-order valence-corrected chi connectivity index (χ3v) is 5.03. The first-order valence-corrected chi connectivity index (χ1v) is 8.08. The van der Waals surface area contributed by atoms with E-state index in [0.717, 1.165) is 17.7 Å². The third-order valence-electron chi connectivity index (χ3n) is 3.32. The van der Waals surface area contributed by atoms with Crippen LogP contribution in [0.15, 0.2) is 24.3 Å². The summed E-state index contributed by atoms with van der Waals surface area (Å²) < 4.78 is 28.0. The Morgan fingerprint density at radius 1 is 1.37 bits per heavy atom. The fourth-order valence-corrected chi connectivity index (χ4v) is 4.10. The van der Waals surface area contributed by atoms with Crippen molar-refractivity contribution in [3.8, 4) is 5.75 Å². The predicted octanol–water partition coefficient (Wildman–Crippen LogP) is -0.0148. The number of hydrogen-bond donors (Lipinski definition) is 2. The van der Waals surface area contributed by atoms with Gasteiger partial charge in [-0.25, -0.2) is 8.42 Å². The number of para-hydroxylation sites is 1. The van der Waals surface area contributed by atoms with Crippen molar-refractivity contribution in [2.24, 2.45) is 0 Å². The normalized spacial score (nSPS) is 25.4. The summed E-state index contributed by atoms with van der Waals surface area (Å²) in [6.07, 6.45) is -0.0736. The average Bonchev–Trinajstić information content (AvgIpc) is 2.63. The summed E-state index contributed by atoms with van der Waals surface area (Å²) in [6.45, 7) is 0.609. The molecule has 0 aliphatic carbocycles. The Balaban J connectivity index is 1.87. The van der Waals surface area contributed by atoms with Crippen LogP contribution in [0.3, 0.4) is 0 Å². The molecule has 0 radical (unpaired) electrons. The molecule has 0 unspecified atom stereocenters. The van der Waals surface area contributed by atoms with Crippen molar-refractivity contribution in [3.05, 3.63) is 29.8 Å². The zero-order valence-electron chi connectivity index (χ0n) is 10.9. The third kappa shape index (κ3) is 3.68. The quantitative estimate of drug-likeness (QED) is 0.795. The number of rotatable bonds is 5. The van der Waals surface area contributed by atoms with Crippen molar-refractivity contribution >= 4 is 9.84 Å². The van der Waals surface area contributed by atoms with Gasteiger partial charge in [0.1, 0.15) is 5.75 Å². The van der Waals surface area contributed by atoms with Gasteiger partial charge >= 0.3 is 0 Å². The molecule has 1 aliphatic rings. The van der Waals surface area contributed by atoms with Crippen LogP contribution in [0.1, 0.15) is 5.56 Å². The van der Waals surface area contributed by atoms with Gasteiger partial charge in [-0.3, -0.25) is 0 Å². The first-order valence-electron chi connectivity index (χ1n) is 6.25. The molecule has 5 nitrogen and oxygen atoms in total. The van der Waals surface area contributed by atoms with Crippen LogP contribution in [0.4, 0.5) is 0 Å². The van der Waals surface area contributed by atoms with Crippen molar-refractivity contribution < 1.29 is 18.3 Å². The van der Waals surface area contributed by atoms with Gasteiger partial charge < -0.3 is 15.2 Å². The molecule has 0 amide bonds. The number of hydrogen-bond acceptors (Lipinski definition) is 5. The molecule has 1 heterocycles. The Labute approximate surface area is 113 Å². The highest BCUT2D eigenvalue weighted by molar-refractivity contribution is 7.91. The molecule has 0 saturated carbocycles. The Kier molecular flexibility index (Phi) is 4.44. The second-order valence-corrected chi connectivity index (χ2v) is 6.92. The van der Waals surface area contributed by atoms with E-state index in [4.69, 9.17) is 4.74 Å². The molecule has 1 aromatic rings. The number of aliphatic hydroxyl groups excluding tert-OH is 1. The minimum atomic E-state index is -3.09. The standard InChI is InChI=1S/C13H19NO4S/c1-18-13-5-3-2-4-10(13)6-7-14-11-8-19(16,17)9-12(11)15/h2-5,11-12,14-15H,6-9H2,1H3/t11-,12+/m0/s1. The fourth-order valence-electron chi connectivity index (χ4n) is 2.33. The average molecular weight is 285 g/mol. The van der Waals surface area contributed by atoms with Gasteiger partial charge in [-0.1, -0.05) is 18.2 Å². The van der Waals surface area contributed by atoms with E-state index in [2.05, 4.69) is 5.32 Å². The number of ether oxygens (including phenoxy) is 1. The molecule has 1 aliphatic heterocycles. The zero-order chi connectivity index (χ0) is 13.9. The second kappa shape index (κ2) is 5.90. The molecule has 6 heteroatoms. The van der Waals surface area contributed by atoms with E-state index >= 15 is 0 Å². The molecule has 2 N–H and O–H groups in total. The molecule has 19 heavy (non-hydrogen) atoms. The van der Waals surface area contributed by atoms with Crippen LogP contribution in [0.25, 0.3) is 0 Å². The van der Waals surface area contributed by atoms with Gasteiger partial charge in [-0.15, -0.1) is 0 Å². The molecule has 0 spiro atoms. The molecule has 1 fully saturated rings. The number of nitrogens with one attached hydrogen (secondary N) is 1. The van der Waals surface area contributed by atoms with E-state index in [-0.39, 0.29) is 17.5 Å². The van der Waals surface area contributed by atoms with Crippen molar-refractivity contribution in [1.29, 1.82) is 0 Å². The predicted molar refractivity (Wildman–Crippen MR) is 73.1 cm³/mol. The van der Waals surface area contributed by atoms with E-state index in [0.29, 0.717) is 6.54 Å². The summed E-state index contributed by atoms with van der Waals surface area (Å²) in [4.78, 5) is 0. The van der Waals surface area contributed by atoms with Gasteiger partial charge in [0.15, 0.2) is 9.84 Å². The lowest BCUT2D eigenvalue weighted by Crippen LogP contribution is -2.39. The number of sulfone groups is 1. The van der Waals surface area contributed by atoms with Gasteiger partial charge in [0, 0.05) is 6.04 Å². The van der Waals surface area contributed by atoms with Crippen LogP contribution >= 0.6 is 0 Å². The molecular formula is C13H19NO4S. The molecule has 0 aromatic heterocycles. The lowest BCUT2D eigenvalue weighted by Gasteiger charge is -2.15. The summed E-state index contributed by atoms with van der Waals surface area (Å²) in [5, 5.41) is 12.8. The largest absolute Gasteiger partial charge is 0.496 e. The highest BCUT2D eigenvalue weighted by Crippen LogP contribution is 2.18. The summed E-state index contributed by atoms with van der Waals surface area (Å²) in [5.41, 5.74) is 1.06. The molecule has 106 valence electrons. The van der Waals surface area contributed by atoms with E-state index in [1.807, 2.05) is 24.3 Å². The van der Waals surface area contributed by atoms with Gasteiger partial charge in [0.2, 0.25) is 0 Å². The summed E-state index contributed by atoms with van der Waals surface area (Å²) in [5.74, 6) is 0.697. The topological polar surface area (TPSA) is 75.6 Å². The molecular weight excluding hydrogens is 266 g/mol. The van der Waals surface area contributed by atoms with Crippen LogP contribution < -0.4 is 10.1 Å². The van der Waals surface area contributed by atoms with E-state index in [9.17, 15) is 13.5 Å². The fraction of sp³-hybridized carbons (Fsp3) is 0.538. The SMILES string of the molecule is COc1ccccc1CCN[C@H]1CS(=O)(=O)C[C@H]1O. The minimum Gasteiger partial charge on any atom is -0.496 e. The summed E-state index contributed by atoms with van der Waals surface area (Å²) >= 11 is 0. The molecule has 1 aromatic carbocycles. The molecule has 2 atom stereocenters. The van der Waals surface area contributed by atoms with Crippen LogP contribution in [0, 0.1) is 0 Å². The van der Waals surface area contributed by atoms with Crippen molar-refractivity contribution in [3.63, 3.8) is 0 Å². The Bertz CT molecular complexity index is 529. The monoisotopic (exact) mass is 285 g/mol. The summed E-state index contributed by atoms with van der Waals surface area (Å²) in [7, 11) is -1.47. The highest BCUT2D eigenvalue weighted by Gasteiger charge is 2.35. The second-order valence-electron chi connectivity index (χ2n) is 4.77. The molecule has 2 rings (SSSR count). The lowest BCUT2D eigenvalue weighted by atomic mass is 10.1. The van der Waals surface area contributed by atoms with Gasteiger partial charge in [0.05, 0.1) is 24.7 Å². The van der Waals surface area contributed by atoms with Crippen LogP contribution in [0.5, 0.6) is 5.75 Å². The first kappa shape index (κ1) is 14.3. The Morgan fingerprint density at radius 2 is 2.11 bits per heavy atom. The molecule has 1 saturated heterocycles. The number of methoxy groups -OCH3 is 1. The van der Waals surface area contributed by atoms with E-state index in [1.165, 1.54) is 0 Å². The van der Waals surface area contributed by atoms with Crippen molar-refractivity contribution in [2.75, 3.05) is 25.2 Å². The smallest absolute Gasteiger partial charge is 0.154 e. The lowest BCUT2D eigenvalue weighted by molar-refractivity contribution is 0.166. The van der Waals surface area contributed by atoms with Gasteiger partial charge in [-0.05, 0) is 24.6 Å². The number of benzene rings is 1. The maximum absolute atomic E-state index is 11.4. The van der Waals surface area contributed by atoms with E-state index < -0.39 is 15.9 Å². The minimum absolute atomic E-state index is 0.0140. The molecule has 0 bridgehead atoms. The first-order chi connectivity index (χ1) is 9.02. The Hall–Kier alpha value is -1.11. The number of aliphatic hydroxyl groups is 1. The van der Waals surface area contributed by atoms with Crippen LogP contribution in [-0.2, 0) is 16.3 Å². The van der Waals surface area contributed by atoms with Crippen LogP contribution in [0.2, 0.25) is 0 Å². The maximum atomic E-state index is 11.4. The van der Waals surface area contributed by atoms with Gasteiger partial charge in [0.25, 0.3) is 0 Å². The zero-order valence-corrected chi connectivity index (χ0v) is 11.7. The summed E-state index contributed by atoms with van der Waals surface area (Å²) in [6, 6.07) is 7.35. The maximum Gasteiger partial charge on any atom is 0.154 e. The Morgan fingerprint density at radius 3 is 2.74 bits per heavy atom. The highest BCUT2D eigenvalue weighted by atomic mass is 32.2. The van der Waals surface area contributed by atoms with Crippen LogP contribution in [-0.4, -0.2) is 50.8 Å². The van der Waals surface area contributed by atoms with Crippen molar-refractivity contribution in [1.82, 2.24) is 5.32 Å².